The van der Waals surface area contributed by atoms with Crippen LogP contribution in [-0.2, 0) is 0 Å². The minimum absolute atomic E-state index is 0.439. The number of rotatable bonds is 5. The molecule has 0 amide bonds. The summed E-state index contributed by atoms with van der Waals surface area (Å²) in [6.45, 7) is 2.05. The van der Waals surface area contributed by atoms with Gasteiger partial charge in [0.2, 0.25) is 5.95 Å². The molecule has 0 saturated carbocycles. The van der Waals surface area contributed by atoms with Gasteiger partial charge in [-0.15, -0.1) is 5.10 Å². The smallest absolute Gasteiger partial charge is 0.249 e. The van der Waals surface area contributed by atoms with E-state index in [2.05, 4.69) is 41.7 Å². The molecule has 6 nitrogen and oxygen atoms in total. The van der Waals surface area contributed by atoms with E-state index in [1.807, 2.05) is 68.4 Å². The maximum absolute atomic E-state index is 4.45. The number of nitrogens with zero attached hydrogens (tertiary/aromatic N) is 4. The van der Waals surface area contributed by atoms with Crippen molar-refractivity contribution in [2.75, 3.05) is 29.6 Å². The van der Waals surface area contributed by atoms with Crippen LogP contribution in [0.4, 0.5) is 28.8 Å². The number of anilines is 5. The first-order valence-corrected chi connectivity index (χ1v) is 8.58. The summed E-state index contributed by atoms with van der Waals surface area (Å²) in [6.07, 6.45) is 1.59. The van der Waals surface area contributed by atoms with Crippen molar-refractivity contribution < 1.29 is 0 Å². The normalized spacial score (nSPS) is 10.4. The van der Waals surface area contributed by atoms with Crippen molar-refractivity contribution in [2.24, 2.45) is 0 Å². The molecule has 3 aromatic rings. The zero-order valence-corrected chi connectivity index (χ0v) is 15.9. The fraction of sp³-hybridized carbons (Fsp3) is 0.167. The minimum atomic E-state index is 0.439. The molecule has 0 saturated heterocycles. The first-order chi connectivity index (χ1) is 12.0. The molecular weight excluding hydrogens is 380 g/mol. The van der Waals surface area contributed by atoms with Crippen molar-refractivity contribution in [1.82, 2.24) is 15.2 Å². The number of hydrogen-bond acceptors (Lipinski definition) is 6. The molecule has 0 unspecified atom stereocenters. The lowest BCUT2D eigenvalue weighted by atomic mass is 10.2. The zero-order valence-electron chi connectivity index (χ0n) is 14.3. The standard InChI is InChI=1S/C18H19BrN6/c1-12-4-5-14(10-16(12)19)21-17-11-20-24-18(23-17)22-13-6-8-15(9-7-13)25(2)3/h4-11H,1-3H3,(H2,21,22,23,24). The molecule has 128 valence electrons. The quantitative estimate of drug-likeness (QED) is 0.659. The Bertz CT molecular complexity index is 864. The zero-order chi connectivity index (χ0) is 17.8. The molecule has 0 bridgehead atoms. The molecule has 0 fully saturated rings. The molecule has 2 N–H and O–H groups in total. The van der Waals surface area contributed by atoms with Gasteiger partial charge >= 0.3 is 0 Å². The van der Waals surface area contributed by atoms with Gasteiger partial charge in [-0.05, 0) is 48.9 Å². The van der Waals surface area contributed by atoms with Gasteiger partial charge in [-0.1, -0.05) is 22.0 Å². The highest BCUT2D eigenvalue weighted by atomic mass is 79.9. The van der Waals surface area contributed by atoms with Gasteiger partial charge in [0.05, 0.1) is 6.20 Å². The van der Waals surface area contributed by atoms with E-state index < -0.39 is 0 Å². The van der Waals surface area contributed by atoms with Crippen molar-refractivity contribution in [1.29, 1.82) is 0 Å². The number of nitrogens with one attached hydrogen (secondary N) is 2. The Labute approximate surface area is 155 Å². The SMILES string of the molecule is Cc1ccc(Nc2cnnc(Nc3ccc(N(C)C)cc3)n2)cc1Br. The van der Waals surface area contributed by atoms with E-state index in [1.54, 1.807) is 6.20 Å². The third kappa shape index (κ3) is 4.45. The summed E-state index contributed by atoms with van der Waals surface area (Å²) >= 11 is 3.53. The van der Waals surface area contributed by atoms with Crippen LogP contribution < -0.4 is 15.5 Å². The van der Waals surface area contributed by atoms with Crippen molar-refractivity contribution in [3.8, 4) is 0 Å². The molecule has 0 radical (unpaired) electrons. The molecule has 7 heteroatoms. The van der Waals surface area contributed by atoms with E-state index in [0.717, 1.165) is 21.5 Å². The van der Waals surface area contributed by atoms with Crippen LogP contribution in [0.15, 0.2) is 53.1 Å². The first kappa shape index (κ1) is 17.2. The summed E-state index contributed by atoms with van der Waals surface area (Å²) in [7, 11) is 4.02. The van der Waals surface area contributed by atoms with Crippen molar-refractivity contribution in [2.45, 2.75) is 6.92 Å². The Hall–Kier alpha value is -2.67. The summed E-state index contributed by atoms with van der Waals surface area (Å²) in [6, 6.07) is 14.1. The van der Waals surface area contributed by atoms with E-state index in [0.29, 0.717) is 11.8 Å². The third-order valence-corrected chi connectivity index (χ3v) is 4.50. The molecule has 0 aliphatic heterocycles. The molecule has 0 spiro atoms. The van der Waals surface area contributed by atoms with Crippen LogP contribution in [0.1, 0.15) is 5.56 Å². The highest BCUT2D eigenvalue weighted by Gasteiger charge is 2.04. The number of aromatic nitrogens is 3. The highest BCUT2D eigenvalue weighted by Crippen LogP contribution is 2.23. The molecule has 0 aliphatic carbocycles. The van der Waals surface area contributed by atoms with E-state index in [-0.39, 0.29) is 0 Å². The molecule has 1 heterocycles. The lowest BCUT2D eigenvalue weighted by Gasteiger charge is -2.13. The Balaban J connectivity index is 1.73. The average Bonchev–Trinajstić information content (AvgIpc) is 2.59. The number of hydrogen-bond donors (Lipinski definition) is 2. The van der Waals surface area contributed by atoms with Gasteiger partial charge in [-0.3, -0.25) is 0 Å². The summed E-state index contributed by atoms with van der Waals surface area (Å²) < 4.78 is 1.04. The van der Waals surface area contributed by atoms with Crippen molar-refractivity contribution in [3.63, 3.8) is 0 Å². The van der Waals surface area contributed by atoms with Gasteiger partial charge in [0.25, 0.3) is 0 Å². The van der Waals surface area contributed by atoms with Crippen LogP contribution in [0.5, 0.6) is 0 Å². The van der Waals surface area contributed by atoms with Gasteiger partial charge in [0.15, 0.2) is 5.82 Å². The van der Waals surface area contributed by atoms with Gasteiger partial charge in [0, 0.05) is 35.6 Å². The first-order valence-electron chi connectivity index (χ1n) is 7.78. The topological polar surface area (TPSA) is 66.0 Å². The van der Waals surface area contributed by atoms with Crippen LogP contribution in [0.25, 0.3) is 0 Å². The van der Waals surface area contributed by atoms with Gasteiger partial charge in [0.1, 0.15) is 0 Å². The van der Waals surface area contributed by atoms with Gasteiger partial charge < -0.3 is 15.5 Å². The molecule has 3 rings (SSSR count). The number of halogens is 1. The van der Waals surface area contributed by atoms with Crippen LogP contribution in [0.2, 0.25) is 0 Å². The minimum Gasteiger partial charge on any atom is -0.378 e. The highest BCUT2D eigenvalue weighted by molar-refractivity contribution is 9.10. The lowest BCUT2D eigenvalue weighted by Crippen LogP contribution is -2.08. The van der Waals surface area contributed by atoms with E-state index >= 15 is 0 Å². The van der Waals surface area contributed by atoms with Crippen LogP contribution >= 0.6 is 15.9 Å². The van der Waals surface area contributed by atoms with E-state index in [1.165, 1.54) is 5.56 Å². The molecule has 25 heavy (non-hydrogen) atoms. The second-order valence-corrected chi connectivity index (χ2v) is 6.67. The third-order valence-electron chi connectivity index (χ3n) is 3.64. The van der Waals surface area contributed by atoms with Crippen LogP contribution in [0.3, 0.4) is 0 Å². The molecule has 0 atom stereocenters. The Morgan fingerprint density at radius 1 is 0.960 bits per heavy atom. The fourth-order valence-corrected chi connectivity index (χ4v) is 2.59. The second kappa shape index (κ2) is 7.48. The van der Waals surface area contributed by atoms with Gasteiger partial charge in [-0.2, -0.15) is 10.1 Å². The van der Waals surface area contributed by atoms with Crippen LogP contribution in [0, 0.1) is 6.92 Å². The fourth-order valence-electron chi connectivity index (χ4n) is 2.21. The monoisotopic (exact) mass is 398 g/mol. The number of benzene rings is 2. The van der Waals surface area contributed by atoms with E-state index in [4.69, 9.17) is 0 Å². The van der Waals surface area contributed by atoms with Crippen molar-refractivity contribution in [3.05, 3.63) is 58.7 Å². The number of aryl methyl sites for hydroxylation is 1. The summed E-state index contributed by atoms with van der Waals surface area (Å²) in [4.78, 5) is 6.50. The average molecular weight is 399 g/mol. The summed E-state index contributed by atoms with van der Waals surface area (Å²) in [5.74, 6) is 1.06. The predicted molar refractivity (Wildman–Crippen MR) is 106 cm³/mol. The molecule has 1 aromatic heterocycles. The van der Waals surface area contributed by atoms with Crippen LogP contribution in [-0.4, -0.2) is 29.3 Å². The molecule has 0 aliphatic rings. The molecular formula is C18H19BrN6. The maximum Gasteiger partial charge on any atom is 0.249 e. The largest absolute Gasteiger partial charge is 0.378 e. The van der Waals surface area contributed by atoms with E-state index in [9.17, 15) is 0 Å². The summed E-state index contributed by atoms with van der Waals surface area (Å²) in [5.41, 5.74) is 4.14. The maximum atomic E-state index is 4.45. The Kier molecular flexibility index (Phi) is 5.14. The van der Waals surface area contributed by atoms with Crippen molar-refractivity contribution >= 4 is 44.8 Å². The lowest BCUT2D eigenvalue weighted by molar-refractivity contribution is 0.982. The second-order valence-electron chi connectivity index (χ2n) is 5.82. The summed E-state index contributed by atoms with van der Waals surface area (Å²) in [5, 5.41) is 14.4. The van der Waals surface area contributed by atoms with Gasteiger partial charge in [-0.25, -0.2) is 0 Å². The Morgan fingerprint density at radius 2 is 1.68 bits per heavy atom. The molecule has 2 aromatic carbocycles. The predicted octanol–water partition coefficient (Wildman–Crippen LogP) is 4.50. The Morgan fingerprint density at radius 3 is 2.36 bits per heavy atom.